The van der Waals surface area contributed by atoms with Crippen LogP contribution in [0.5, 0.6) is 11.6 Å². The molecular formula is C38H49N7O7S. The van der Waals surface area contributed by atoms with Crippen LogP contribution in [-0.4, -0.2) is 97.7 Å². The molecule has 2 aliphatic carbocycles. The number of hydrogen-bond acceptors (Lipinski definition) is 11. The van der Waals surface area contributed by atoms with E-state index in [0.29, 0.717) is 41.5 Å². The van der Waals surface area contributed by atoms with Gasteiger partial charge in [-0.1, -0.05) is 39.0 Å². The molecule has 5 atom stereocenters. The smallest absolute Gasteiger partial charge is 0.259 e. The first-order valence-electron chi connectivity index (χ1n) is 17.8. The number of hydrogen-bond donors (Lipinski definition) is 3. The molecule has 1 aliphatic heterocycles. The molecule has 0 bridgehead atoms. The number of likely N-dealkylation sites (tertiary alicyclic amines) is 1. The zero-order valence-electron chi connectivity index (χ0n) is 31.3. The van der Waals surface area contributed by atoms with Gasteiger partial charge in [0.15, 0.2) is 0 Å². The maximum absolute atomic E-state index is 14.7. The van der Waals surface area contributed by atoms with E-state index in [4.69, 9.17) is 14.5 Å². The molecule has 3 fully saturated rings. The number of ether oxygens (including phenoxy) is 2. The van der Waals surface area contributed by atoms with Gasteiger partial charge in [0.05, 0.1) is 18.9 Å². The van der Waals surface area contributed by atoms with Gasteiger partial charge in [0.25, 0.3) is 5.91 Å². The van der Waals surface area contributed by atoms with E-state index in [1.807, 2.05) is 83.1 Å². The Balaban J connectivity index is 1.34. The van der Waals surface area contributed by atoms with E-state index in [-0.39, 0.29) is 25.3 Å². The average Bonchev–Trinajstić information content (AvgIpc) is 4.03. The summed E-state index contributed by atoms with van der Waals surface area (Å²) in [4.78, 5) is 55.4. The molecule has 0 radical (unpaired) electrons. The summed E-state index contributed by atoms with van der Waals surface area (Å²) in [7, 11) is 1.44. The van der Waals surface area contributed by atoms with E-state index in [9.17, 15) is 22.8 Å². The van der Waals surface area contributed by atoms with Gasteiger partial charge in [-0.15, -0.1) is 6.58 Å². The summed E-state index contributed by atoms with van der Waals surface area (Å²) in [6.07, 6.45) is 2.05. The highest BCUT2D eigenvalue weighted by atomic mass is 32.2. The summed E-state index contributed by atoms with van der Waals surface area (Å²) in [5, 5.41) is 7.01. The summed E-state index contributed by atoms with van der Waals surface area (Å²) >= 11 is 0. The van der Waals surface area contributed by atoms with Crippen LogP contribution in [0.2, 0.25) is 0 Å². The van der Waals surface area contributed by atoms with Crippen molar-refractivity contribution in [3.63, 3.8) is 0 Å². The second-order valence-electron chi connectivity index (χ2n) is 15.5. The molecule has 2 aromatic heterocycles. The molecule has 2 saturated carbocycles. The summed E-state index contributed by atoms with van der Waals surface area (Å²) in [5.74, 6) is -0.182. The van der Waals surface area contributed by atoms with E-state index in [1.54, 1.807) is 13.2 Å². The molecule has 1 aromatic carbocycles. The lowest BCUT2D eigenvalue weighted by atomic mass is 9.85. The summed E-state index contributed by atoms with van der Waals surface area (Å²) in [6.45, 7) is 11.5. The van der Waals surface area contributed by atoms with E-state index >= 15 is 0 Å². The molecule has 0 unspecified atom stereocenters. The lowest BCUT2D eigenvalue weighted by Crippen LogP contribution is -2.58. The Morgan fingerprint density at radius 3 is 2.42 bits per heavy atom. The maximum Gasteiger partial charge on any atom is 0.259 e. The van der Waals surface area contributed by atoms with Gasteiger partial charge in [0.2, 0.25) is 27.7 Å². The molecule has 53 heavy (non-hydrogen) atoms. The van der Waals surface area contributed by atoms with Crippen LogP contribution in [0, 0.1) is 18.3 Å². The first kappa shape index (κ1) is 37.8. The van der Waals surface area contributed by atoms with Gasteiger partial charge in [-0.2, -0.15) is 4.98 Å². The zero-order chi connectivity index (χ0) is 38.5. The van der Waals surface area contributed by atoms with Crippen molar-refractivity contribution in [2.45, 2.75) is 82.4 Å². The van der Waals surface area contributed by atoms with Crippen molar-refractivity contribution >= 4 is 50.2 Å². The Kier molecular flexibility index (Phi) is 10.1. The highest BCUT2D eigenvalue weighted by Gasteiger charge is 2.62. The first-order valence-corrected chi connectivity index (χ1v) is 19.3. The molecule has 6 rings (SSSR count). The molecular weight excluding hydrogens is 699 g/mol. The van der Waals surface area contributed by atoms with Crippen LogP contribution in [0.15, 0.2) is 55.1 Å². The molecule has 284 valence electrons. The number of carbonyl (C=O) groups is 3. The number of aryl methyl sites for hydroxylation is 1. The number of aromatic nitrogens is 2. The fourth-order valence-electron chi connectivity index (χ4n) is 6.84. The molecule has 14 nitrogen and oxygen atoms in total. The van der Waals surface area contributed by atoms with Crippen molar-refractivity contribution in [1.82, 2.24) is 24.9 Å². The number of nitrogens with one attached hydrogen (secondary N) is 3. The van der Waals surface area contributed by atoms with Crippen LogP contribution in [0.4, 0.5) is 11.6 Å². The predicted molar refractivity (Wildman–Crippen MR) is 202 cm³/mol. The van der Waals surface area contributed by atoms with Crippen molar-refractivity contribution in [3.05, 3.63) is 60.8 Å². The standard InChI is InChI=1S/C38H49N7O7S/c1-9-23-20-38(23,36(48)43-53(49,50)25-16-17-25)42-33(46)28-18-24(52-34-26-13-11-14-29(51-8)27(26)19-31(41-34)44(6)7)21-45(28)35(47)32(37(3,4)5)40-30-15-10-12-22(2)39-30/h9-15,19,23-25,28,32H,1,16-18,20-21H2,2-8H3,(H,39,40)(H,42,46)(H,43,48)/t23-,24-,28+,32-,38-/m1/s1. The van der Waals surface area contributed by atoms with Crippen molar-refractivity contribution in [2.24, 2.45) is 11.3 Å². The normalized spacial score (nSPS) is 23.2. The molecule has 1 saturated heterocycles. The zero-order valence-corrected chi connectivity index (χ0v) is 32.1. The van der Waals surface area contributed by atoms with Gasteiger partial charge >= 0.3 is 0 Å². The number of pyridine rings is 2. The highest BCUT2D eigenvalue weighted by Crippen LogP contribution is 2.46. The third kappa shape index (κ3) is 7.75. The third-order valence-electron chi connectivity index (χ3n) is 10.1. The molecule has 3 N–H and O–H groups in total. The van der Waals surface area contributed by atoms with Gasteiger partial charge in [-0.05, 0) is 61.9 Å². The molecule has 3 heterocycles. The lowest BCUT2D eigenvalue weighted by molar-refractivity contribution is -0.141. The van der Waals surface area contributed by atoms with Gasteiger partial charge < -0.3 is 29.9 Å². The van der Waals surface area contributed by atoms with Crippen molar-refractivity contribution < 1.29 is 32.3 Å². The first-order chi connectivity index (χ1) is 25.0. The van der Waals surface area contributed by atoms with Crippen LogP contribution in [-0.2, 0) is 24.4 Å². The van der Waals surface area contributed by atoms with Crippen LogP contribution >= 0.6 is 0 Å². The number of anilines is 2. The van der Waals surface area contributed by atoms with Crippen molar-refractivity contribution in [1.29, 1.82) is 0 Å². The van der Waals surface area contributed by atoms with E-state index in [1.165, 1.54) is 11.0 Å². The van der Waals surface area contributed by atoms with Crippen LogP contribution in [0.1, 0.15) is 52.1 Å². The Morgan fingerprint density at radius 1 is 1.09 bits per heavy atom. The van der Waals surface area contributed by atoms with Crippen LogP contribution in [0.3, 0.4) is 0 Å². The van der Waals surface area contributed by atoms with Crippen LogP contribution in [0.25, 0.3) is 10.8 Å². The average molecular weight is 748 g/mol. The number of benzene rings is 1. The number of nitrogens with zero attached hydrogens (tertiary/aromatic N) is 4. The number of sulfonamides is 1. The Labute approximate surface area is 310 Å². The Hall–Kier alpha value is -4.92. The molecule has 15 heteroatoms. The van der Waals surface area contributed by atoms with E-state index in [0.717, 1.165) is 11.1 Å². The second kappa shape index (κ2) is 14.1. The largest absolute Gasteiger partial charge is 0.496 e. The highest BCUT2D eigenvalue weighted by molar-refractivity contribution is 7.91. The molecule has 3 aromatic rings. The van der Waals surface area contributed by atoms with E-state index < -0.39 is 62.1 Å². The van der Waals surface area contributed by atoms with Gasteiger partial charge in [0.1, 0.15) is 41.1 Å². The summed E-state index contributed by atoms with van der Waals surface area (Å²) < 4.78 is 39.9. The number of rotatable bonds is 13. The molecule has 3 aliphatic rings. The van der Waals surface area contributed by atoms with E-state index in [2.05, 4.69) is 26.9 Å². The molecule has 3 amide bonds. The quantitative estimate of drug-likeness (QED) is 0.219. The fourth-order valence-corrected chi connectivity index (χ4v) is 8.20. The number of fused-ring (bicyclic) bond motifs is 1. The fraction of sp³-hybridized carbons (Fsp3) is 0.500. The van der Waals surface area contributed by atoms with Crippen LogP contribution < -0.4 is 29.7 Å². The minimum atomic E-state index is -3.88. The SMILES string of the molecule is C=C[C@@H]1C[C@]1(NC(=O)[C@@H]1C[C@@H](Oc2nc(N(C)C)cc3c(OC)cccc23)CN1C(=O)[C@@H](Nc1cccc(C)n1)C(C)(C)C)C(=O)NS(=O)(=O)C1CC1. The minimum absolute atomic E-state index is 0.0336. The third-order valence-corrected chi connectivity index (χ3v) is 12.0. The monoisotopic (exact) mass is 747 g/mol. The maximum atomic E-state index is 14.7. The van der Waals surface area contributed by atoms with Gasteiger partial charge in [-0.25, -0.2) is 13.4 Å². The van der Waals surface area contributed by atoms with Gasteiger partial charge in [0, 0.05) is 42.9 Å². The Morgan fingerprint density at radius 2 is 1.81 bits per heavy atom. The van der Waals surface area contributed by atoms with Crippen molar-refractivity contribution in [2.75, 3.05) is 38.0 Å². The Bertz CT molecular complexity index is 2050. The number of methoxy groups -OCH3 is 1. The number of carbonyl (C=O) groups excluding carboxylic acids is 3. The number of amides is 3. The minimum Gasteiger partial charge on any atom is -0.496 e. The topological polar surface area (TPSA) is 172 Å². The molecule has 0 spiro atoms. The second-order valence-corrected chi connectivity index (χ2v) is 17.5. The van der Waals surface area contributed by atoms with Gasteiger partial charge in [-0.3, -0.25) is 19.1 Å². The summed E-state index contributed by atoms with van der Waals surface area (Å²) in [6, 6.07) is 11.1. The predicted octanol–water partition coefficient (Wildman–Crippen LogP) is 3.56. The lowest BCUT2D eigenvalue weighted by Gasteiger charge is -2.36. The van der Waals surface area contributed by atoms with Crippen molar-refractivity contribution in [3.8, 4) is 11.6 Å². The summed E-state index contributed by atoms with van der Waals surface area (Å²) in [5.41, 5.74) is -1.37.